The number of aryl methyl sites for hydroxylation is 1. The lowest BCUT2D eigenvalue weighted by molar-refractivity contribution is -0.125. The molecule has 0 aliphatic carbocycles. The number of tetrazole rings is 1. The van der Waals surface area contributed by atoms with Crippen molar-refractivity contribution in [2.75, 3.05) is 0 Å². The molecule has 196 valence electrons. The molecule has 0 unspecified atom stereocenters. The highest BCUT2D eigenvalue weighted by molar-refractivity contribution is 6.30. The van der Waals surface area contributed by atoms with Crippen LogP contribution in [0.4, 0.5) is 0 Å². The smallest absolute Gasteiger partial charge is 0.244 e. The van der Waals surface area contributed by atoms with Gasteiger partial charge in [-0.2, -0.15) is 4.68 Å². The van der Waals surface area contributed by atoms with Gasteiger partial charge in [-0.15, -0.1) is 5.10 Å². The molecular weight excluding hydrogens is 512 g/mol. The van der Waals surface area contributed by atoms with Gasteiger partial charge in [0, 0.05) is 40.2 Å². The maximum atomic E-state index is 13.5. The summed E-state index contributed by atoms with van der Waals surface area (Å²) in [6, 6.07) is 20.2. The number of rotatable bonds is 10. The third kappa shape index (κ3) is 6.30. The molecule has 0 bridgehead atoms. The zero-order valence-corrected chi connectivity index (χ0v) is 22.1. The second-order valence-electron chi connectivity index (χ2n) is 9.23. The summed E-state index contributed by atoms with van der Waals surface area (Å²) in [5, 5.41) is 15.8. The van der Waals surface area contributed by atoms with Crippen molar-refractivity contribution in [3.8, 4) is 5.69 Å². The number of amides is 1. The van der Waals surface area contributed by atoms with Gasteiger partial charge in [-0.05, 0) is 76.4 Å². The van der Waals surface area contributed by atoms with Gasteiger partial charge in [-0.3, -0.25) is 9.59 Å². The van der Waals surface area contributed by atoms with Crippen LogP contribution >= 0.6 is 11.6 Å². The van der Waals surface area contributed by atoms with Crippen LogP contribution in [0.5, 0.6) is 0 Å². The highest BCUT2D eigenvalue weighted by Crippen LogP contribution is 2.22. The van der Waals surface area contributed by atoms with Gasteiger partial charge in [0.2, 0.25) is 5.91 Å². The van der Waals surface area contributed by atoms with E-state index in [1.54, 1.807) is 24.3 Å². The highest BCUT2D eigenvalue weighted by Gasteiger charge is 2.21. The summed E-state index contributed by atoms with van der Waals surface area (Å²) in [5.41, 5.74) is 5.45. The van der Waals surface area contributed by atoms with Crippen LogP contribution in [0.15, 0.2) is 85.3 Å². The number of aromatic nitrogens is 5. The van der Waals surface area contributed by atoms with Crippen LogP contribution in [0.3, 0.4) is 0 Å². The molecular formula is C30H27ClN6O2. The standard InChI is InChI=1S/C30H27ClN6O2/c1-2-22-18-32-26-11-8-21(14-25(22)26)16-29(38)27(15-20-6-4-3-5-7-20)34-30(39)13-9-23-17-24(31)10-12-28(23)37-19-33-35-36-37/h3-14,17-19,27,32H,2,15-16H2,1H3,(H,34,39)/b13-9+/t27-/m0/s1. The number of Topliss-reactive ketones (excluding diaryl/α,β-unsaturated/α-hetero) is 1. The number of H-pyrrole nitrogens is 1. The van der Waals surface area contributed by atoms with Crippen LogP contribution in [0, 0.1) is 0 Å². The number of nitrogens with zero attached hydrogens (tertiary/aromatic N) is 4. The first-order chi connectivity index (χ1) is 19.0. The molecule has 2 aromatic heterocycles. The second kappa shape index (κ2) is 11.9. The molecule has 9 heteroatoms. The molecule has 0 saturated carbocycles. The van der Waals surface area contributed by atoms with Crippen molar-refractivity contribution in [1.29, 1.82) is 0 Å². The van der Waals surface area contributed by atoms with E-state index in [0.29, 0.717) is 22.7 Å². The number of nitrogens with one attached hydrogen (secondary N) is 2. The minimum absolute atomic E-state index is 0.0642. The van der Waals surface area contributed by atoms with Crippen molar-refractivity contribution >= 4 is 40.3 Å². The third-order valence-electron chi connectivity index (χ3n) is 6.58. The SMILES string of the molecule is CCc1c[nH]c2ccc(CC(=O)[C@H](Cc3ccccc3)NC(=O)/C=C/c3cc(Cl)ccc3-n3cnnn3)cc12. The summed E-state index contributed by atoms with van der Waals surface area (Å²) in [4.78, 5) is 29.8. The second-order valence-corrected chi connectivity index (χ2v) is 9.67. The molecule has 2 heterocycles. The van der Waals surface area contributed by atoms with Crippen LogP contribution in [-0.4, -0.2) is 42.9 Å². The molecule has 0 radical (unpaired) electrons. The molecule has 8 nitrogen and oxygen atoms in total. The molecule has 0 fully saturated rings. The maximum Gasteiger partial charge on any atom is 0.244 e. The molecule has 0 aliphatic rings. The van der Waals surface area contributed by atoms with Crippen LogP contribution < -0.4 is 5.32 Å². The fourth-order valence-corrected chi connectivity index (χ4v) is 4.75. The van der Waals surface area contributed by atoms with Gasteiger partial charge in [-0.1, -0.05) is 54.9 Å². The number of ketones is 1. The fraction of sp³-hybridized carbons (Fsp3) is 0.167. The van der Waals surface area contributed by atoms with E-state index in [9.17, 15) is 9.59 Å². The number of carbonyl (C=O) groups is 2. The first-order valence-corrected chi connectivity index (χ1v) is 13.0. The van der Waals surface area contributed by atoms with E-state index in [-0.39, 0.29) is 18.1 Å². The van der Waals surface area contributed by atoms with Crippen molar-refractivity contribution in [3.63, 3.8) is 0 Å². The summed E-state index contributed by atoms with van der Waals surface area (Å²) < 4.78 is 1.49. The Balaban J connectivity index is 1.36. The van der Waals surface area contributed by atoms with Crippen molar-refractivity contribution in [2.24, 2.45) is 0 Å². The Morgan fingerprint density at radius 1 is 1.08 bits per heavy atom. The molecule has 0 saturated heterocycles. The number of aromatic amines is 1. The Labute approximate surface area is 230 Å². The fourth-order valence-electron chi connectivity index (χ4n) is 4.57. The number of halogens is 1. The largest absolute Gasteiger partial charge is 0.361 e. The molecule has 0 aliphatic heterocycles. The number of carbonyl (C=O) groups excluding carboxylic acids is 2. The first-order valence-electron chi connectivity index (χ1n) is 12.7. The normalized spacial score (nSPS) is 12.2. The monoisotopic (exact) mass is 538 g/mol. The number of hydrogen-bond acceptors (Lipinski definition) is 5. The number of fused-ring (bicyclic) bond motifs is 1. The highest BCUT2D eigenvalue weighted by atomic mass is 35.5. The van der Waals surface area contributed by atoms with Crippen LogP contribution in [0.2, 0.25) is 5.02 Å². The Morgan fingerprint density at radius 2 is 1.92 bits per heavy atom. The van der Waals surface area contributed by atoms with E-state index in [0.717, 1.165) is 28.5 Å². The minimum Gasteiger partial charge on any atom is -0.361 e. The van der Waals surface area contributed by atoms with E-state index in [1.165, 1.54) is 22.6 Å². The molecule has 5 rings (SSSR count). The van der Waals surface area contributed by atoms with Crippen molar-refractivity contribution in [2.45, 2.75) is 32.2 Å². The van der Waals surface area contributed by atoms with E-state index in [1.807, 2.05) is 48.7 Å². The Bertz CT molecular complexity index is 1630. The topological polar surface area (TPSA) is 106 Å². The number of hydrogen-bond donors (Lipinski definition) is 2. The molecule has 0 spiro atoms. The van der Waals surface area contributed by atoms with Crippen LogP contribution in [-0.2, 0) is 28.9 Å². The van der Waals surface area contributed by atoms with E-state index in [4.69, 9.17) is 11.6 Å². The van der Waals surface area contributed by atoms with Gasteiger partial charge in [0.05, 0.1) is 11.7 Å². The van der Waals surface area contributed by atoms with Crippen molar-refractivity contribution in [1.82, 2.24) is 30.5 Å². The number of benzene rings is 3. The lowest BCUT2D eigenvalue weighted by atomic mass is 9.96. The third-order valence-corrected chi connectivity index (χ3v) is 6.81. The average Bonchev–Trinajstić information content (AvgIpc) is 3.62. The summed E-state index contributed by atoms with van der Waals surface area (Å²) >= 11 is 6.19. The van der Waals surface area contributed by atoms with Crippen molar-refractivity contribution in [3.05, 3.63) is 113 Å². The summed E-state index contributed by atoms with van der Waals surface area (Å²) in [6.45, 7) is 2.11. The van der Waals surface area contributed by atoms with Crippen LogP contribution in [0.25, 0.3) is 22.7 Å². The molecule has 1 amide bonds. The molecule has 1 atom stereocenters. The zero-order valence-electron chi connectivity index (χ0n) is 21.3. The maximum absolute atomic E-state index is 13.5. The summed E-state index contributed by atoms with van der Waals surface area (Å²) in [5.74, 6) is -0.452. The van der Waals surface area contributed by atoms with Gasteiger partial charge >= 0.3 is 0 Å². The van der Waals surface area contributed by atoms with Gasteiger partial charge < -0.3 is 10.3 Å². The molecule has 2 N–H and O–H groups in total. The Morgan fingerprint density at radius 3 is 2.69 bits per heavy atom. The summed E-state index contributed by atoms with van der Waals surface area (Å²) in [6.07, 6.45) is 7.99. The Kier molecular flexibility index (Phi) is 7.94. The summed E-state index contributed by atoms with van der Waals surface area (Å²) in [7, 11) is 0. The molecule has 39 heavy (non-hydrogen) atoms. The average molecular weight is 539 g/mol. The lowest BCUT2D eigenvalue weighted by Gasteiger charge is -2.17. The van der Waals surface area contributed by atoms with E-state index in [2.05, 4.69) is 38.8 Å². The van der Waals surface area contributed by atoms with E-state index < -0.39 is 6.04 Å². The Hall–Kier alpha value is -4.56. The predicted octanol–water partition coefficient (Wildman–Crippen LogP) is 4.91. The van der Waals surface area contributed by atoms with Gasteiger partial charge in [0.15, 0.2) is 5.78 Å². The van der Waals surface area contributed by atoms with Gasteiger partial charge in [0.1, 0.15) is 6.33 Å². The van der Waals surface area contributed by atoms with Gasteiger partial charge in [-0.25, -0.2) is 0 Å². The quantitative estimate of drug-likeness (QED) is 0.246. The van der Waals surface area contributed by atoms with Crippen LogP contribution in [0.1, 0.15) is 29.2 Å². The lowest BCUT2D eigenvalue weighted by Crippen LogP contribution is -2.42. The minimum atomic E-state index is -0.699. The van der Waals surface area contributed by atoms with Gasteiger partial charge in [0.25, 0.3) is 0 Å². The molecule has 5 aromatic rings. The van der Waals surface area contributed by atoms with E-state index >= 15 is 0 Å². The predicted molar refractivity (Wildman–Crippen MR) is 152 cm³/mol. The zero-order chi connectivity index (χ0) is 27.2. The molecule has 3 aromatic carbocycles. The first kappa shape index (κ1) is 26.1. The van der Waals surface area contributed by atoms with Crippen molar-refractivity contribution < 1.29 is 9.59 Å².